The quantitative estimate of drug-likeness (QED) is 0.516. The molecule has 0 heterocycles. The summed E-state index contributed by atoms with van der Waals surface area (Å²) >= 11 is 5.48. The lowest BCUT2D eigenvalue weighted by atomic mass is 10.2. The van der Waals surface area contributed by atoms with E-state index in [0.29, 0.717) is 6.61 Å². The first-order valence-corrected chi connectivity index (χ1v) is 6.53. The van der Waals surface area contributed by atoms with Gasteiger partial charge in [-0.3, -0.25) is 0 Å². The highest BCUT2D eigenvalue weighted by atomic mass is 35.5. The van der Waals surface area contributed by atoms with E-state index in [4.69, 9.17) is 16.7 Å². The average Bonchev–Trinajstić information content (AvgIpc) is 2.28. The smallest absolute Gasteiger partial charge is 0.0428 e. The summed E-state index contributed by atoms with van der Waals surface area (Å²) in [5.74, 6) is 0.837. The van der Waals surface area contributed by atoms with Crippen LogP contribution >= 0.6 is 11.6 Å². The van der Waals surface area contributed by atoms with Crippen molar-refractivity contribution in [2.75, 3.05) is 12.5 Å². The van der Waals surface area contributed by atoms with Crippen molar-refractivity contribution in [3.8, 4) is 0 Å². The predicted molar refractivity (Wildman–Crippen MR) is 68.2 cm³/mol. The molecule has 0 aromatic carbocycles. The van der Waals surface area contributed by atoms with Gasteiger partial charge in [-0.1, -0.05) is 53.4 Å². The van der Waals surface area contributed by atoms with Gasteiger partial charge in [0.1, 0.15) is 0 Å². The van der Waals surface area contributed by atoms with E-state index in [-0.39, 0.29) is 0 Å². The van der Waals surface area contributed by atoms with Crippen LogP contribution in [-0.2, 0) is 0 Å². The van der Waals surface area contributed by atoms with E-state index in [1.54, 1.807) is 0 Å². The Kier molecular flexibility index (Phi) is 41.2. The van der Waals surface area contributed by atoms with E-state index >= 15 is 0 Å². The number of aliphatic hydroxyl groups excluding tert-OH is 1. The van der Waals surface area contributed by atoms with Gasteiger partial charge in [0.2, 0.25) is 0 Å². The van der Waals surface area contributed by atoms with Crippen molar-refractivity contribution in [3.05, 3.63) is 0 Å². The summed E-state index contributed by atoms with van der Waals surface area (Å²) in [4.78, 5) is 0. The van der Waals surface area contributed by atoms with Gasteiger partial charge < -0.3 is 5.11 Å². The van der Waals surface area contributed by atoms with Gasteiger partial charge in [0.05, 0.1) is 0 Å². The van der Waals surface area contributed by atoms with Crippen LogP contribution in [-0.4, -0.2) is 17.6 Å². The van der Waals surface area contributed by atoms with Crippen molar-refractivity contribution in [1.29, 1.82) is 0 Å². The summed E-state index contributed by atoms with van der Waals surface area (Å²) in [6.07, 6.45) is 7.45. The fourth-order valence-electron chi connectivity index (χ4n) is 0.698. The normalized spacial score (nSPS) is 8.14. The molecular formula is C12H29ClO. The van der Waals surface area contributed by atoms with Gasteiger partial charge in [-0.2, -0.15) is 0 Å². The minimum absolute atomic E-state index is 0.319. The molecule has 0 atom stereocenters. The van der Waals surface area contributed by atoms with Gasteiger partial charge in [-0.25, -0.2) is 0 Å². The van der Waals surface area contributed by atoms with Crippen molar-refractivity contribution in [1.82, 2.24) is 0 Å². The van der Waals surface area contributed by atoms with E-state index in [2.05, 4.69) is 6.92 Å². The molecule has 0 fully saturated rings. The van der Waals surface area contributed by atoms with Crippen LogP contribution in [0.5, 0.6) is 0 Å². The standard InChI is InChI=1S/C7H15Cl.C3H8O.C2H6/c1-2-3-4-5-6-7-8;1-2-3-4;1-2/h2-7H2,1H3;4H,2-3H2,1H3;1-2H3. The number of aliphatic hydroxyl groups is 1. The van der Waals surface area contributed by atoms with E-state index in [0.717, 1.165) is 12.3 Å². The highest BCUT2D eigenvalue weighted by Gasteiger charge is 1.84. The maximum Gasteiger partial charge on any atom is 0.0428 e. The Hall–Kier alpha value is 0.250. The molecular weight excluding hydrogens is 196 g/mol. The molecule has 0 aromatic heterocycles. The highest BCUT2D eigenvalue weighted by Crippen LogP contribution is 2.02. The van der Waals surface area contributed by atoms with E-state index in [1.807, 2.05) is 20.8 Å². The number of unbranched alkanes of at least 4 members (excludes halogenated alkanes) is 4. The van der Waals surface area contributed by atoms with Crippen LogP contribution in [0.25, 0.3) is 0 Å². The molecule has 1 nitrogen and oxygen atoms in total. The van der Waals surface area contributed by atoms with Crippen molar-refractivity contribution in [3.63, 3.8) is 0 Å². The van der Waals surface area contributed by atoms with Gasteiger partial charge >= 0.3 is 0 Å². The van der Waals surface area contributed by atoms with E-state index in [1.165, 1.54) is 32.1 Å². The lowest BCUT2D eigenvalue weighted by Crippen LogP contribution is -1.76. The zero-order chi connectivity index (χ0) is 11.7. The molecule has 0 saturated heterocycles. The predicted octanol–water partition coefficient (Wildman–Crippen LogP) is 4.61. The summed E-state index contributed by atoms with van der Waals surface area (Å²) in [6.45, 7) is 8.47. The second kappa shape index (κ2) is 29.2. The molecule has 0 aliphatic heterocycles. The monoisotopic (exact) mass is 224 g/mol. The summed E-state index contributed by atoms with van der Waals surface area (Å²) < 4.78 is 0. The molecule has 0 aromatic rings. The Morgan fingerprint density at radius 2 is 1.29 bits per heavy atom. The Morgan fingerprint density at radius 1 is 0.857 bits per heavy atom. The zero-order valence-electron chi connectivity index (χ0n) is 10.5. The molecule has 0 unspecified atom stereocenters. The third-order valence-electron chi connectivity index (χ3n) is 1.46. The van der Waals surface area contributed by atoms with Crippen LogP contribution in [0.4, 0.5) is 0 Å². The van der Waals surface area contributed by atoms with E-state index < -0.39 is 0 Å². The SMILES string of the molecule is CC.CCCCCCCCl.CCCO. The number of hydrogen-bond donors (Lipinski definition) is 1. The molecule has 1 N–H and O–H groups in total. The van der Waals surface area contributed by atoms with Gasteiger partial charge in [0.25, 0.3) is 0 Å². The first-order valence-electron chi connectivity index (χ1n) is 6.00. The molecule has 0 spiro atoms. The van der Waals surface area contributed by atoms with Crippen LogP contribution in [0.2, 0.25) is 0 Å². The molecule has 0 amide bonds. The first kappa shape index (κ1) is 19.8. The van der Waals surface area contributed by atoms with Crippen LogP contribution in [0.3, 0.4) is 0 Å². The Morgan fingerprint density at radius 3 is 1.57 bits per heavy atom. The number of halogens is 1. The summed E-state index contributed by atoms with van der Waals surface area (Å²) in [6, 6.07) is 0. The molecule has 0 aliphatic rings. The van der Waals surface area contributed by atoms with Gasteiger partial charge in [0.15, 0.2) is 0 Å². The van der Waals surface area contributed by atoms with Crippen molar-refractivity contribution in [2.24, 2.45) is 0 Å². The number of rotatable bonds is 6. The minimum atomic E-state index is 0.319. The largest absolute Gasteiger partial charge is 0.396 e. The van der Waals surface area contributed by atoms with Gasteiger partial charge in [-0.05, 0) is 12.8 Å². The maximum absolute atomic E-state index is 7.88. The number of hydrogen-bond acceptors (Lipinski definition) is 1. The zero-order valence-corrected chi connectivity index (χ0v) is 11.2. The maximum atomic E-state index is 7.88. The fourth-order valence-corrected chi connectivity index (χ4v) is 0.887. The molecule has 0 radical (unpaired) electrons. The molecule has 0 saturated carbocycles. The second-order valence-corrected chi connectivity index (χ2v) is 3.20. The minimum Gasteiger partial charge on any atom is -0.396 e. The van der Waals surface area contributed by atoms with Gasteiger partial charge in [-0.15, -0.1) is 11.6 Å². The molecule has 2 heteroatoms. The molecule has 90 valence electrons. The molecule has 0 bridgehead atoms. The van der Waals surface area contributed by atoms with Crippen molar-refractivity contribution < 1.29 is 5.11 Å². The Bertz CT molecular complexity index is 50.3. The third-order valence-corrected chi connectivity index (χ3v) is 1.73. The topological polar surface area (TPSA) is 20.2 Å². The van der Waals surface area contributed by atoms with Crippen molar-refractivity contribution >= 4 is 11.6 Å². The molecule has 14 heavy (non-hydrogen) atoms. The summed E-state index contributed by atoms with van der Waals surface area (Å²) in [5.41, 5.74) is 0. The fraction of sp³-hybridized carbons (Fsp3) is 1.00. The summed E-state index contributed by atoms with van der Waals surface area (Å²) in [5, 5.41) is 7.88. The molecule has 0 aliphatic carbocycles. The van der Waals surface area contributed by atoms with Crippen molar-refractivity contribution in [2.45, 2.75) is 66.2 Å². The van der Waals surface area contributed by atoms with Crippen LogP contribution < -0.4 is 0 Å². The Balaban J connectivity index is -0.000000170. The summed E-state index contributed by atoms with van der Waals surface area (Å²) in [7, 11) is 0. The lowest BCUT2D eigenvalue weighted by molar-refractivity contribution is 0.295. The van der Waals surface area contributed by atoms with E-state index in [9.17, 15) is 0 Å². The number of alkyl halides is 1. The van der Waals surface area contributed by atoms with Crippen LogP contribution in [0, 0.1) is 0 Å². The first-order chi connectivity index (χ1) is 6.83. The lowest BCUT2D eigenvalue weighted by Gasteiger charge is -1.93. The van der Waals surface area contributed by atoms with Gasteiger partial charge in [0, 0.05) is 12.5 Å². The molecule has 0 rings (SSSR count). The highest BCUT2D eigenvalue weighted by molar-refractivity contribution is 6.17. The second-order valence-electron chi connectivity index (χ2n) is 2.83. The average molecular weight is 225 g/mol. The Labute approximate surface area is 95.9 Å². The van der Waals surface area contributed by atoms with Crippen LogP contribution in [0.1, 0.15) is 66.2 Å². The third kappa shape index (κ3) is 39.7. The van der Waals surface area contributed by atoms with Crippen LogP contribution in [0.15, 0.2) is 0 Å².